The lowest BCUT2D eigenvalue weighted by atomic mass is 10.1. The Hall–Kier alpha value is -4.78. The van der Waals surface area contributed by atoms with Gasteiger partial charge in [-0.1, -0.05) is 42.5 Å². The Bertz CT molecular complexity index is 1570. The van der Waals surface area contributed by atoms with Crippen molar-refractivity contribution < 1.29 is 23.9 Å². The van der Waals surface area contributed by atoms with Gasteiger partial charge in [-0.2, -0.15) is 0 Å². The molecule has 0 aromatic heterocycles. The third kappa shape index (κ3) is 4.22. The van der Waals surface area contributed by atoms with E-state index >= 15 is 0 Å². The lowest BCUT2D eigenvalue weighted by molar-refractivity contribution is -0.119. The molecule has 7 nitrogen and oxygen atoms in total. The van der Waals surface area contributed by atoms with Gasteiger partial charge < -0.3 is 10.1 Å². The van der Waals surface area contributed by atoms with Gasteiger partial charge in [0.1, 0.15) is 0 Å². The molecule has 7 heteroatoms. The van der Waals surface area contributed by atoms with E-state index in [1.54, 1.807) is 12.1 Å². The van der Waals surface area contributed by atoms with Crippen LogP contribution >= 0.6 is 0 Å². The van der Waals surface area contributed by atoms with Crippen molar-refractivity contribution in [3.63, 3.8) is 0 Å². The first-order valence-electron chi connectivity index (χ1n) is 11.4. The van der Waals surface area contributed by atoms with Crippen molar-refractivity contribution in [1.82, 2.24) is 0 Å². The first-order chi connectivity index (χ1) is 17.3. The summed E-state index contributed by atoms with van der Waals surface area (Å²) < 4.78 is 5.16. The first-order valence-corrected chi connectivity index (χ1v) is 11.4. The Morgan fingerprint density at radius 3 is 2.36 bits per heavy atom. The van der Waals surface area contributed by atoms with E-state index in [2.05, 4.69) is 5.32 Å². The lowest BCUT2D eigenvalue weighted by Crippen LogP contribution is -2.30. The minimum atomic E-state index is -0.767. The minimum Gasteiger partial charge on any atom is -0.452 e. The van der Waals surface area contributed by atoms with Crippen molar-refractivity contribution in [2.45, 2.75) is 13.8 Å². The number of carbonyl (C=O) groups is 4. The minimum absolute atomic E-state index is 0.0798. The third-order valence-corrected chi connectivity index (χ3v) is 6.10. The molecule has 5 rings (SSSR count). The third-order valence-electron chi connectivity index (χ3n) is 6.10. The summed E-state index contributed by atoms with van der Waals surface area (Å²) in [4.78, 5) is 52.1. The standard InChI is InChI=1S/C29H22N2O5/c1-17-7-8-18(2)25(13-17)31-27(33)23-12-10-21(15-24(23)28(31)34)29(35)36-16-26(32)30-22-11-9-19-5-3-4-6-20(19)14-22/h3-15H,16H2,1-2H3,(H,30,32). The predicted molar refractivity (Wildman–Crippen MR) is 136 cm³/mol. The molecule has 4 aromatic carbocycles. The maximum atomic E-state index is 13.1. The maximum absolute atomic E-state index is 13.1. The number of nitrogens with zero attached hydrogens (tertiary/aromatic N) is 1. The molecular formula is C29H22N2O5. The summed E-state index contributed by atoms with van der Waals surface area (Å²) in [6.07, 6.45) is 0. The van der Waals surface area contributed by atoms with Crippen molar-refractivity contribution in [1.29, 1.82) is 0 Å². The Morgan fingerprint density at radius 1 is 0.806 bits per heavy atom. The Morgan fingerprint density at radius 2 is 1.56 bits per heavy atom. The van der Waals surface area contributed by atoms with Gasteiger partial charge in [0.2, 0.25) is 0 Å². The molecule has 0 fully saturated rings. The van der Waals surface area contributed by atoms with Crippen LogP contribution < -0.4 is 10.2 Å². The molecule has 0 unspecified atom stereocenters. The molecule has 0 saturated carbocycles. The number of fused-ring (bicyclic) bond motifs is 2. The largest absolute Gasteiger partial charge is 0.452 e. The Balaban J connectivity index is 1.27. The molecule has 1 aliphatic rings. The van der Waals surface area contributed by atoms with Crippen molar-refractivity contribution in [2.24, 2.45) is 0 Å². The number of benzene rings is 4. The number of amides is 3. The molecule has 1 heterocycles. The highest BCUT2D eigenvalue weighted by Gasteiger charge is 2.38. The number of ether oxygens (including phenoxy) is 1. The van der Waals surface area contributed by atoms with Crippen LogP contribution in [-0.2, 0) is 9.53 Å². The molecule has 1 aliphatic heterocycles. The van der Waals surface area contributed by atoms with E-state index in [0.29, 0.717) is 11.4 Å². The number of nitrogens with one attached hydrogen (secondary N) is 1. The zero-order valence-corrected chi connectivity index (χ0v) is 19.7. The van der Waals surface area contributed by atoms with Gasteiger partial charge in [-0.05, 0) is 72.1 Å². The smallest absolute Gasteiger partial charge is 0.338 e. The van der Waals surface area contributed by atoms with Crippen LogP contribution in [-0.4, -0.2) is 30.3 Å². The number of aryl methyl sites for hydroxylation is 2. The average Bonchev–Trinajstić information content (AvgIpc) is 3.13. The van der Waals surface area contributed by atoms with Crippen LogP contribution in [0.15, 0.2) is 78.9 Å². The number of anilines is 2. The predicted octanol–water partition coefficient (Wildman–Crippen LogP) is 5.05. The highest BCUT2D eigenvalue weighted by Crippen LogP contribution is 2.32. The molecule has 0 atom stereocenters. The van der Waals surface area contributed by atoms with Gasteiger partial charge in [-0.25, -0.2) is 9.69 Å². The van der Waals surface area contributed by atoms with Crippen LogP contribution in [0.2, 0.25) is 0 Å². The van der Waals surface area contributed by atoms with Crippen LogP contribution in [0.25, 0.3) is 10.8 Å². The fraction of sp³-hybridized carbons (Fsp3) is 0.103. The molecule has 1 N–H and O–H groups in total. The molecular weight excluding hydrogens is 456 g/mol. The van der Waals surface area contributed by atoms with Crippen molar-refractivity contribution in [3.05, 3.63) is 107 Å². The van der Waals surface area contributed by atoms with Crippen LogP contribution in [0.1, 0.15) is 42.2 Å². The van der Waals surface area contributed by atoms with E-state index in [0.717, 1.165) is 26.8 Å². The van der Waals surface area contributed by atoms with Gasteiger partial charge in [-0.15, -0.1) is 0 Å². The summed E-state index contributed by atoms with van der Waals surface area (Å²) in [5, 5.41) is 4.72. The topological polar surface area (TPSA) is 92.8 Å². The Kier molecular flexibility index (Phi) is 5.82. The molecule has 4 aromatic rings. The first kappa shape index (κ1) is 23.0. The monoisotopic (exact) mass is 478 g/mol. The zero-order valence-electron chi connectivity index (χ0n) is 19.7. The number of hydrogen-bond acceptors (Lipinski definition) is 5. The summed E-state index contributed by atoms with van der Waals surface area (Å²) in [5.74, 6) is -2.21. The fourth-order valence-electron chi connectivity index (χ4n) is 4.23. The molecule has 0 radical (unpaired) electrons. The van der Waals surface area contributed by atoms with Gasteiger partial charge in [-0.3, -0.25) is 14.4 Å². The summed E-state index contributed by atoms with van der Waals surface area (Å²) in [7, 11) is 0. The van der Waals surface area contributed by atoms with E-state index in [1.165, 1.54) is 18.2 Å². The van der Waals surface area contributed by atoms with E-state index in [1.807, 2.05) is 62.4 Å². The van der Waals surface area contributed by atoms with E-state index in [-0.39, 0.29) is 16.7 Å². The van der Waals surface area contributed by atoms with Gasteiger partial charge >= 0.3 is 5.97 Å². The number of carbonyl (C=O) groups excluding carboxylic acids is 4. The average molecular weight is 479 g/mol. The summed E-state index contributed by atoms with van der Waals surface area (Å²) in [5.41, 5.74) is 3.21. The second-order valence-corrected chi connectivity index (χ2v) is 8.68. The number of hydrogen-bond donors (Lipinski definition) is 1. The van der Waals surface area contributed by atoms with E-state index in [9.17, 15) is 19.2 Å². The van der Waals surface area contributed by atoms with Gasteiger partial charge in [0.05, 0.1) is 22.4 Å². The highest BCUT2D eigenvalue weighted by molar-refractivity contribution is 6.35. The van der Waals surface area contributed by atoms with Crippen LogP contribution in [0, 0.1) is 13.8 Å². The quantitative estimate of drug-likeness (QED) is 0.320. The van der Waals surface area contributed by atoms with Crippen LogP contribution in [0.5, 0.6) is 0 Å². The fourth-order valence-corrected chi connectivity index (χ4v) is 4.23. The van der Waals surface area contributed by atoms with Gasteiger partial charge in [0.15, 0.2) is 6.61 Å². The molecule has 3 amide bonds. The van der Waals surface area contributed by atoms with Gasteiger partial charge in [0, 0.05) is 5.69 Å². The number of rotatable bonds is 5. The van der Waals surface area contributed by atoms with Crippen molar-refractivity contribution in [2.75, 3.05) is 16.8 Å². The summed E-state index contributed by atoms with van der Waals surface area (Å²) in [6.45, 7) is 3.21. The van der Waals surface area contributed by atoms with Crippen LogP contribution in [0.3, 0.4) is 0 Å². The molecule has 0 spiro atoms. The highest BCUT2D eigenvalue weighted by atomic mass is 16.5. The van der Waals surface area contributed by atoms with Crippen molar-refractivity contribution >= 4 is 45.8 Å². The van der Waals surface area contributed by atoms with E-state index < -0.39 is 30.3 Å². The van der Waals surface area contributed by atoms with Crippen molar-refractivity contribution in [3.8, 4) is 0 Å². The number of esters is 1. The second-order valence-electron chi connectivity index (χ2n) is 8.68. The maximum Gasteiger partial charge on any atom is 0.338 e. The molecule has 0 saturated heterocycles. The molecule has 178 valence electrons. The normalized spacial score (nSPS) is 12.6. The van der Waals surface area contributed by atoms with E-state index in [4.69, 9.17) is 4.74 Å². The molecule has 36 heavy (non-hydrogen) atoms. The summed E-state index contributed by atoms with van der Waals surface area (Å²) in [6, 6.07) is 23.0. The second kappa shape index (κ2) is 9.11. The Labute approximate surface area is 207 Å². The SMILES string of the molecule is Cc1ccc(C)c(N2C(=O)c3ccc(C(=O)OCC(=O)Nc4ccc5ccccc5c4)cc3C2=O)c1. The molecule has 0 bridgehead atoms. The number of imide groups is 1. The van der Waals surface area contributed by atoms with Gasteiger partial charge in [0.25, 0.3) is 17.7 Å². The summed E-state index contributed by atoms with van der Waals surface area (Å²) >= 11 is 0. The zero-order chi connectivity index (χ0) is 25.4. The lowest BCUT2D eigenvalue weighted by Gasteiger charge is -2.17. The van der Waals surface area contributed by atoms with Crippen LogP contribution in [0.4, 0.5) is 11.4 Å². The molecule has 0 aliphatic carbocycles.